The van der Waals surface area contributed by atoms with Crippen LogP contribution in [-0.2, 0) is 4.79 Å². The number of hydrogen-bond donors (Lipinski definition) is 2. The molecule has 0 bridgehead atoms. The molecule has 5 nitrogen and oxygen atoms in total. The average molecular weight is 318 g/mol. The average Bonchev–Trinajstić information content (AvgIpc) is 2.42. The lowest BCUT2D eigenvalue weighted by molar-refractivity contribution is -0.274. The van der Waals surface area contributed by atoms with E-state index >= 15 is 0 Å². The zero-order valence-electron chi connectivity index (χ0n) is 12.1. The smallest absolute Gasteiger partial charge is 0.406 e. The highest BCUT2D eigenvalue weighted by atomic mass is 19.4. The van der Waals surface area contributed by atoms with Crippen LogP contribution in [0.5, 0.6) is 5.75 Å². The SMILES string of the molecule is CCC(C)C(NC(=O)c1ccc(OC(F)(F)F)cc1)C(N)=O. The van der Waals surface area contributed by atoms with Crippen molar-refractivity contribution in [2.24, 2.45) is 11.7 Å². The van der Waals surface area contributed by atoms with Crippen LogP contribution in [-0.4, -0.2) is 24.2 Å². The van der Waals surface area contributed by atoms with Crippen molar-refractivity contribution in [1.29, 1.82) is 0 Å². The number of alkyl halides is 3. The molecule has 8 heteroatoms. The minimum absolute atomic E-state index is 0.101. The van der Waals surface area contributed by atoms with Gasteiger partial charge in [-0.1, -0.05) is 20.3 Å². The molecule has 2 atom stereocenters. The van der Waals surface area contributed by atoms with Crippen molar-refractivity contribution in [2.75, 3.05) is 0 Å². The maximum absolute atomic E-state index is 12.0. The summed E-state index contributed by atoms with van der Waals surface area (Å²) in [4.78, 5) is 23.3. The summed E-state index contributed by atoms with van der Waals surface area (Å²) >= 11 is 0. The molecule has 0 saturated carbocycles. The molecule has 2 unspecified atom stereocenters. The number of primary amides is 1. The number of carbonyl (C=O) groups excluding carboxylic acids is 2. The van der Waals surface area contributed by atoms with Gasteiger partial charge in [0, 0.05) is 5.56 Å². The predicted molar refractivity (Wildman–Crippen MR) is 73.0 cm³/mol. The van der Waals surface area contributed by atoms with Crippen molar-refractivity contribution < 1.29 is 27.5 Å². The molecule has 2 amide bonds. The maximum Gasteiger partial charge on any atom is 0.573 e. The molecule has 1 aromatic rings. The first-order chi connectivity index (χ1) is 10.1. The number of nitrogens with one attached hydrogen (secondary N) is 1. The summed E-state index contributed by atoms with van der Waals surface area (Å²) in [7, 11) is 0. The monoisotopic (exact) mass is 318 g/mol. The molecule has 122 valence electrons. The van der Waals surface area contributed by atoms with E-state index in [0.29, 0.717) is 6.42 Å². The van der Waals surface area contributed by atoms with Gasteiger partial charge in [-0.3, -0.25) is 9.59 Å². The summed E-state index contributed by atoms with van der Waals surface area (Å²) in [5, 5.41) is 2.47. The molecule has 3 N–H and O–H groups in total. The molecule has 0 saturated heterocycles. The molecule has 0 aliphatic rings. The van der Waals surface area contributed by atoms with E-state index in [1.165, 1.54) is 12.1 Å². The molecule has 0 fully saturated rings. The van der Waals surface area contributed by atoms with E-state index in [9.17, 15) is 22.8 Å². The Balaban J connectivity index is 2.79. The largest absolute Gasteiger partial charge is 0.573 e. The van der Waals surface area contributed by atoms with Crippen LogP contribution < -0.4 is 15.8 Å². The van der Waals surface area contributed by atoms with Crippen LogP contribution in [0.15, 0.2) is 24.3 Å². The first kappa shape index (κ1) is 17.8. The number of hydrogen-bond acceptors (Lipinski definition) is 3. The fourth-order valence-electron chi connectivity index (χ4n) is 1.76. The Kier molecular flexibility index (Phi) is 5.78. The lowest BCUT2D eigenvalue weighted by atomic mass is 9.98. The van der Waals surface area contributed by atoms with E-state index in [4.69, 9.17) is 5.73 Å². The van der Waals surface area contributed by atoms with Crippen molar-refractivity contribution >= 4 is 11.8 Å². The summed E-state index contributed by atoms with van der Waals surface area (Å²) in [6, 6.07) is 3.54. The van der Waals surface area contributed by atoms with Crippen LogP contribution in [0.1, 0.15) is 30.6 Å². The molecule has 0 radical (unpaired) electrons. The van der Waals surface area contributed by atoms with Gasteiger partial charge >= 0.3 is 6.36 Å². The summed E-state index contributed by atoms with van der Waals surface area (Å²) in [6.45, 7) is 3.60. The number of carbonyl (C=O) groups is 2. The first-order valence-electron chi connectivity index (χ1n) is 6.60. The molecular weight excluding hydrogens is 301 g/mol. The molecule has 0 spiro atoms. The van der Waals surface area contributed by atoms with Gasteiger partial charge < -0.3 is 15.8 Å². The van der Waals surface area contributed by atoms with E-state index in [2.05, 4.69) is 10.1 Å². The standard InChI is InChI=1S/C14H17F3N2O3/c1-3-8(2)11(12(18)20)19-13(21)9-4-6-10(7-5-9)22-14(15,16)17/h4-8,11H,3H2,1-2H3,(H2,18,20)(H,19,21). The number of rotatable bonds is 6. The van der Waals surface area contributed by atoms with Crippen LogP contribution in [0.3, 0.4) is 0 Å². The van der Waals surface area contributed by atoms with Crippen molar-refractivity contribution in [2.45, 2.75) is 32.7 Å². The number of benzene rings is 1. The maximum atomic E-state index is 12.0. The van der Waals surface area contributed by atoms with E-state index in [-0.39, 0.29) is 11.5 Å². The van der Waals surface area contributed by atoms with E-state index < -0.39 is 30.0 Å². The highest BCUT2D eigenvalue weighted by molar-refractivity contribution is 5.97. The second-order valence-corrected chi connectivity index (χ2v) is 4.81. The topological polar surface area (TPSA) is 81.4 Å². The van der Waals surface area contributed by atoms with Crippen molar-refractivity contribution in [1.82, 2.24) is 5.32 Å². The molecule has 22 heavy (non-hydrogen) atoms. The number of nitrogens with two attached hydrogens (primary N) is 1. The van der Waals surface area contributed by atoms with Crippen LogP contribution >= 0.6 is 0 Å². The molecule has 0 aromatic heterocycles. The van der Waals surface area contributed by atoms with E-state index in [0.717, 1.165) is 12.1 Å². The fourth-order valence-corrected chi connectivity index (χ4v) is 1.76. The molecule has 1 aromatic carbocycles. The normalized spacial score (nSPS) is 14.0. The Morgan fingerprint density at radius 3 is 2.23 bits per heavy atom. The van der Waals surface area contributed by atoms with Crippen LogP contribution in [0.4, 0.5) is 13.2 Å². The van der Waals surface area contributed by atoms with E-state index in [1.54, 1.807) is 6.92 Å². The predicted octanol–water partition coefficient (Wildman–Crippen LogP) is 2.21. The minimum atomic E-state index is -4.79. The Morgan fingerprint density at radius 2 is 1.82 bits per heavy atom. The van der Waals surface area contributed by atoms with E-state index in [1.807, 2.05) is 6.92 Å². The van der Waals surface area contributed by atoms with Crippen molar-refractivity contribution in [3.63, 3.8) is 0 Å². The fraction of sp³-hybridized carbons (Fsp3) is 0.429. The lowest BCUT2D eigenvalue weighted by Gasteiger charge is -2.21. The third-order valence-corrected chi connectivity index (χ3v) is 3.16. The zero-order chi connectivity index (χ0) is 16.9. The van der Waals surface area contributed by atoms with Gasteiger partial charge in [-0.15, -0.1) is 13.2 Å². The van der Waals surface area contributed by atoms with Gasteiger partial charge in [-0.2, -0.15) is 0 Å². The highest BCUT2D eigenvalue weighted by Gasteiger charge is 2.31. The van der Waals surface area contributed by atoms with Gasteiger partial charge in [0.1, 0.15) is 11.8 Å². The number of ether oxygens (including phenoxy) is 1. The van der Waals surface area contributed by atoms with Gasteiger partial charge in [0.15, 0.2) is 0 Å². The van der Waals surface area contributed by atoms with Crippen molar-refractivity contribution in [3.05, 3.63) is 29.8 Å². The van der Waals surface area contributed by atoms with Crippen LogP contribution in [0, 0.1) is 5.92 Å². The quantitative estimate of drug-likeness (QED) is 0.844. The van der Waals surface area contributed by atoms with Gasteiger partial charge in [-0.05, 0) is 30.2 Å². The second-order valence-electron chi connectivity index (χ2n) is 4.81. The van der Waals surface area contributed by atoms with Gasteiger partial charge in [0.2, 0.25) is 5.91 Å². The Labute approximate surface area is 125 Å². The van der Waals surface area contributed by atoms with Gasteiger partial charge in [-0.25, -0.2) is 0 Å². The lowest BCUT2D eigenvalue weighted by Crippen LogP contribution is -2.48. The summed E-state index contributed by atoms with van der Waals surface area (Å²) in [6.07, 6.45) is -4.16. The summed E-state index contributed by atoms with van der Waals surface area (Å²) in [5.41, 5.74) is 5.34. The van der Waals surface area contributed by atoms with Crippen molar-refractivity contribution in [3.8, 4) is 5.75 Å². The third-order valence-electron chi connectivity index (χ3n) is 3.16. The zero-order valence-corrected chi connectivity index (χ0v) is 12.1. The summed E-state index contributed by atoms with van der Waals surface area (Å²) < 4.78 is 39.8. The second kappa shape index (κ2) is 7.15. The molecular formula is C14H17F3N2O3. The molecule has 0 aliphatic heterocycles. The summed E-state index contributed by atoms with van der Waals surface area (Å²) in [5.74, 6) is -1.85. The molecule has 1 rings (SSSR count). The highest BCUT2D eigenvalue weighted by Crippen LogP contribution is 2.22. The third kappa shape index (κ3) is 5.27. The van der Waals surface area contributed by atoms with Gasteiger partial charge in [0.25, 0.3) is 5.91 Å². The first-order valence-corrected chi connectivity index (χ1v) is 6.60. The van der Waals surface area contributed by atoms with Crippen LogP contribution in [0.2, 0.25) is 0 Å². The number of amides is 2. The molecule has 0 aliphatic carbocycles. The molecule has 0 heterocycles. The Hall–Kier alpha value is -2.25. The minimum Gasteiger partial charge on any atom is -0.406 e. The Bertz CT molecular complexity index is 529. The number of halogens is 3. The van der Waals surface area contributed by atoms with Gasteiger partial charge in [0.05, 0.1) is 0 Å². The Morgan fingerprint density at radius 1 is 1.27 bits per heavy atom. The van der Waals surface area contributed by atoms with Crippen LogP contribution in [0.25, 0.3) is 0 Å².